The van der Waals surface area contributed by atoms with E-state index in [2.05, 4.69) is 241 Å². The van der Waals surface area contributed by atoms with Crippen molar-refractivity contribution in [2.75, 3.05) is 4.90 Å². The predicted octanol–water partition coefficient (Wildman–Crippen LogP) is 16.4. The quantitative estimate of drug-likeness (QED) is 0.172. The predicted molar refractivity (Wildman–Crippen MR) is 261 cm³/mol. The molecule has 0 amide bonds. The van der Waals surface area contributed by atoms with E-state index >= 15 is 0 Å². The van der Waals surface area contributed by atoms with Gasteiger partial charge in [-0.1, -0.05) is 200 Å². The lowest BCUT2D eigenvalue weighted by atomic mass is 9.66. The molecule has 63 heavy (non-hydrogen) atoms. The zero-order valence-electron chi connectivity index (χ0n) is 34.4. The molecule has 10 aromatic carbocycles. The molecule has 1 unspecified atom stereocenters. The molecule has 1 atom stereocenters. The lowest BCUT2D eigenvalue weighted by Gasteiger charge is -2.36. The molecule has 2 aliphatic rings. The third-order valence-corrected chi connectivity index (χ3v) is 13.5. The highest BCUT2D eigenvalue weighted by molar-refractivity contribution is 6.13. The van der Waals surface area contributed by atoms with Crippen molar-refractivity contribution in [3.8, 4) is 55.6 Å². The molecular weight excluding hydrogens is 763 g/mol. The summed E-state index contributed by atoms with van der Waals surface area (Å²) < 4.78 is 6.88. The molecule has 0 saturated carbocycles. The van der Waals surface area contributed by atoms with Crippen molar-refractivity contribution in [3.63, 3.8) is 0 Å². The van der Waals surface area contributed by atoms with Crippen LogP contribution in [-0.2, 0) is 5.41 Å². The number of hydrogen-bond acceptors (Lipinski definition) is 2. The maximum atomic E-state index is 6.88. The minimum Gasteiger partial charge on any atom is -0.455 e. The molecule has 2 nitrogen and oxygen atoms in total. The van der Waals surface area contributed by atoms with E-state index in [4.69, 9.17) is 4.42 Å². The van der Waals surface area contributed by atoms with Gasteiger partial charge in [0.15, 0.2) is 0 Å². The molecule has 0 fully saturated rings. The van der Waals surface area contributed by atoms with E-state index in [-0.39, 0.29) is 0 Å². The molecule has 1 aromatic heterocycles. The smallest absolute Gasteiger partial charge is 0.143 e. The van der Waals surface area contributed by atoms with Crippen LogP contribution in [0.15, 0.2) is 241 Å². The fraction of sp³-hybridized carbons (Fsp3) is 0.0164. The van der Waals surface area contributed by atoms with E-state index in [1.54, 1.807) is 0 Å². The molecule has 1 spiro atoms. The number of anilines is 3. The van der Waals surface area contributed by atoms with Gasteiger partial charge in [-0.25, -0.2) is 0 Å². The second kappa shape index (κ2) is 13.9. The highest BCUT2D eigenvalue weighted by atomic mass is 16.3. The van der Waals surface area contributed by atoms with E-state index in [1.165, 1.54) is 72.3 Å². The molecule has 2 heteroatoms. The van der Waals surface area contributed by atoms with Gasteiger partial charge in [0.1, 0.15) is 11.2 Å². The molecule has 0 bridgehead atoms. The van der Waals surface area contributed by atoms with Crippen LogP contribution in [0, 0.1) is 0 Å². The van der Waals surface area contributed by atoms with Gasteiger partial charge in [-0.3, -0.25) is 0 Å². The van der Waals surface area contributed by atoms with Crippen LogP contribution in [0.4, 0.5) is 17.1 Å². The summed E-state index contributed by atoms with van der Waals surface area (Å²) in [4.78, 5) is 2.44. The summed E-state index contributed by atoms with van der Waals surface area (Å²) in [6, 6.07) is 86.6. The fourth-order valence-electron chi connectivity index (χ4n) is 10.9. The third-order valence-electron chi connectivity index (χ3n) is 13.5. The second-order valence-corrected chi connectivity index (χ2v) is 16.7. The molecule has 13 rings (SSSR count). The average molecular weight is 802 g/mol. The largest absolute Gasteiger partial charge is 0.455 e. The van der Waals surface area contributed by atoms with Gasteiger partial charge in [-0.2, -0.15) is 0 Å². The number of nitrogens with zero attached hydrogens (tertiary/aromatic N) is 1. The summed E-state index contributed by atoms with van der Waals surface area (Å²) in [5.74, 6) is 0. The van der Waals surface area contributed by atoms with E-state index < -0.39 is 5.41 Å². The van der Waals surface area contributed by atoms with Crippen LogP contribution in [0.5, 0.6) is 0 Å². The highest BCUT2D eigenvalue weighted by Gasteiger charge is 2.50. The van der Waals surface area contributed by atoms with Crippen molar-refractivity contribution >= 4 is 39.0 Å². The first-order chi connectivity index (χ1) is 31.3. The van der Waals surface area contributed by atoms with Crippen molar-refractivity contribution in [1.29, 1.82) is 0 Å². The molecule has 11 aromatic rings. The molecule has 0 radical (unpaired) electrons. The Kier molecular flexibility index (Phi) is 7.85. The van der Waals surface area contributed by atoms with Gasteiger partial charge in [-0.05, 0) is 103 Å². The van der Waals surface area contributed by atoms with Crippen LogP contribution in [0.25, 0.3) is 77.6 Å². The van der Waals surface area contributed by atoms with Gasteiger partial charge in [0.05, 0.1) is 11.1 Å². The molecule has 1 heterocycles. The average Bonchev–Trinajstić information content (AvgIpc) is 3.86. The standard InChI is InChI=1S/C61H39NO/c1-3-17-40(18-4-1)41-31-33-43(34-32-41)62(57-29-15-11-21-45(57)42-19-5-2-6-20-42)44-35-37-55-52(39-44)47-23-8-7-22-46(47)48-24-9-13-27-53(48)61(55)54-28-14-10-26-51(54)59-56(61)38-36-50-49-25-12-16-30-58(49)63-60(50)59/h1-39H. The van der Waals surface area contributed by atoms with Crippen LogP contribution in [0.3, 0.4) is 0 Å². The van der Waals surface area contributed by atoms with E-state index in [0.717, 1.165) is 44.6 Å². The van der Waals surface area contributed by atoms with Crippen LogP contribution in [0.1, 0.15) is 22.3 Å². The van der Waals surface area contributed by atoms with Crippen LogP contribution in [-0.4, -0.2) is 0 Å². The third kappa shape index (κ3) is 5.19. The normalized spacial score (nSPS) is 14.4. The molecule has 2 aliphatic carbocycles. The first-order valence-electron chi connectivity index (χ1n) is 21.8. The van der Waals surface area contributed by atoms with Crippen molar-refractivity contribution in [3.05, 3.63) is 259 Å². The maximum absolute atomic E-state index is 6.88. The first-order valence-corrected chi connectivity index (χ1v) is 21.8. The van der Waals surface area contributed by atoms with Crippen molar-refractivity contribution in [2.24, 2.45) is 0 Å². The van der Waals surface area contributed by atoms with Gasteiger partial charge in [0, 0.05) is 33.3 Å². The Morgan fingerprint density at radius 3 is 1.60 bits per heavy atom. The Hall–Kier alpha value is -8.20. The van der Waals surface area contributed by atoms with Crippen LogP contribution < -0.4 is 4.90 Å². The molecule has 0 saturated heterocycles. The molecule has 294 valence electrons. The Bertz CT molecular complexity index is 3570. The second-order valence-electron chi connectivity index (χ2n) is 16.7. The number of hydrogen-bond donors (Lipinski definition) is 0. The van der Waals surface area contributed by atoms with E-state index in [0.29, 0.717) is 0 Å². The fourth-order valence-corrected chi connectivity index (χ4v) is 10.9. The monoisotopic (exact) mass is 801 g/mol. The van der Waals surface area contributed by atoms with Gasteiger partial charge >= 0.3 is 0 Å². The number of para-hydroxylation sites is 2. The summed E-state index contributed by atoms with van der Waals surface area (Å²) >= 11 is 0. The Labute approximate surface area is 366 Å². The van der Waals surface area contributed by atoms with Gasteiger partial charge in [0.25, 0.3) is 0 Å². The van der Waals surface area contributed by atoms with Crippen LogP contribution in [0.2, 0.25) is 0 Å². The Balaban J connectivity index is 1.11. The lowest BCUT2D eigenvalue weighted by molar-refractivity contribution is 0.669. The number of fused-ring (bicyclic) bond motifs is 16. The van der Waals surface area contributed by atoms with E-state index in [1.807, 2.05) is 0 Å². The molecule has 0 aliphatic heterocycles. The minimum absolute atomic E-state index is 0.646. The summed E-state index contributed by atoms with van der Waals surface area (Å²) in [6.07, 6.45) is 0. The SMILES string of the molecule is c1ccc(-c2ccc(N(c3ccc4c(c3)-c3ccccc3-c3ccccc3C43c4ccccc4-c4c3ccc3c4oc4ccccc43)c3ccccc3-c3ccccc3)cc2)cc1. The van der Waals surface area contributed by atoms with Crippen molar-refractivity contribution in [2.45, 2.75) is 5.41 Å². The first kappa shape index (κ1) is 35.5. The highest BCUT2D eigenvalue weighted by Crippen LogP contribution is 2.63. The summed E-state index contributed by atoms with van der Waals surface area (Å²) in [7, 11) is 0. The van der Waals surface area contributed by atoms with Crippen molar-refractivity contribution in [1.82, 2.24) is 0 Å². The summed E-state index contributed by atoms with van der Waals surface area (Å²) in [6.45, 7) is 0. The van der Waals surface area contributed by atoms with Crippen LogP contribution >= 0.6 is 0 Å². The summed E-state index contributed by atoms with van der Waals surface area (Å²) in [5.41, 5.74) is 21.5. The number of rotatable bonds is 5. The zero-order valence-corrected chi connectivity index (χ0v) is 34.4. The topological polar surface area (TPSA) is 16.4 Å². The van der Waals surface area contributed by atoms with E-state index in [9.17, 15) is 0 Å². The summed E-state index contributed by atoms with van der Waals surface area (Å²) in [5, 5.41) is 2.28. The number of benzene rings is 10. The van der Waals surface area contributed by atoms with Gasteiger partial charge in [0.2, 0.25) is 0 Å². The lowest BCUT2D eigenvalue weighted by Crippen LogP contribution is -2.29. The Morgan fingerprint density at radius 1 is 0.317 bits per heavy atom. The van der Waals surface area contributed by atoms with Gasteiger partial charge < -0.3 is 9.32 Å². The maximum Gasteiger partial charge on any atom is 0.143 e. The Morgan fingerprint density at radius 2 is 0.841 bits per heavy atom. The number of furan rings is 1. The minimum atomic E-state index is -0.646. The van der Waals surface area contributed by atoms with Crippen molar-refractivity contribution < 1.29 is 4.42 Å². The van der Waals surface area contributed by atoms with Gasteiger partial charge in [-0.15, -0.1) is 0 Å². The molecule has 0 N–H and O–H groups in total. The molecular formula is C61H39NO. The zero-order chi connectivity index (χ0) is 41.5.